The predicted octanol–water partition coefficient (Wildman–Crippen LogP) is 3.75. The number of nitrogens with zero attached hydrogens (tertiary/aromatic N) is 1. The minimum Gasteiger partial charge on any atom is -0.490 e. The van der Waals surface area contributed by atoms with Gasteiger partial charge in [0.2, 0.25) is 5.91 Å². The molecule has 1 amide bonds. The lowest BCUT2D eigenvalue weighted by atomic mass is 9.88. The molecule has 0 aromatic heterocycles. The van der Waals surface area contributed by atoms with Crippen molar-refractivity contribution >= 4 is 27.5 Å². The standard InChI is InChI=1S/C15H18BrNO2/c16-12-6-7-14-13(10-12)17(8-9-19-14)15(18)11-4-2-1-3-5-11/h6-7,10-11H,1-5,8-9H2. The van der Waals surface area contributed by atoms with E-state index in [1.54, 1.807) is 0 Å². The zero-order chi connectivity index (χ0) is 13.2. The van der Waals surface area contributed by atoms with Crippen molar-refractivity contribution in [2.75, 3.05) is 18.1 Å². The second-order valence-corrected chi connectivity index (χ2v) is 6.20. The summed E-state index contributed by atoms with van der Waals surface area (Å²) >= 11 is 3.47. The number of hydrogen-bond donors (Lipinski definition) is 0. The number of carbonyl (C=O) groups is 1. The largest absolute Gasteiger partial charge is 0.490 e. The predicted molar refractivity (Wildman–Crippen MR) is 78.6 cm³/mol. The van der Waals surface area contributed by atoms with E-state index in [2.05, 4.69) is 15.9 Å². The lowest BCUT2D eigenvalue weighted by molar-refractivity contribution is -0.123. The summed E-state index contributed by atoms with van der Waals surface area (Å²) in [6.07, 6.45) is 5.73. The fraction of sp³-hybridized carbons (Fsp3) is 0.533. The van der Waals surface area contributed by atoms with Crippen molar-refractivity contribution in [3.05, 3.63) is 22.7 Å². The molecule has 1 saturated carbocycles. The van der Waals surface area contributed by atoms with E-state index in [4.69, 9.17) is 4.74 Å². The van der Waals surface area contributed by atoms with E-state index in [0.29, 0.717) is 13.2 Å². The van der Waals surface area contributed by atoms with Crippen molar-refractivity contribution in [2.45, 2.75) is 32.1 Å². The Labute approximate surface area is 122 Å². The van der Waals surface area contributed by atoms with Crippen molar-refractivity contribution < 1.29 is 9.53 Å². The SMILES string of the molecule is O=C(C1CCCCC1)N1CCOc2ccc(Br)cc21. The van der Waals surface area contributed by atoms with Gasteiger partial charge in [0.05, 0.1) is 12.2 Å². The van der Waals surface area contributed by atoms with Gasteiger partial charge in [-0.15, -0.1) is 0 Å². The monoisotopic (exact) mass is 323 g/mol. The average molecular weight is 324 g/mol. The number of amides is 1. The number of rotatable bonds is 1. The number of halogens is 1. The van der Waals surface area contributed by atoms with Gasteiger partial charge in [-0.3, -0.25) is 4.79 Å². The third-order valence-corrected chi connectivity index (χ3v) is 4.50. The van der Waals surface area contributed by atoms with Crippen LogP contribution in [-0.4, -0.2) is 19.1 Å². The van der Waals surface area contributed by atoms with Crippen LogP contribution in [0.3, 0.4) is 0 Å². The van der Waals surface area contributed by atoms with Crippen LogP contribution in [0.15, 0.2) is 22.7 Å². The summed E-state index contributed by atoms with van der Waals surface area (Å²) in [4.78, 5) is 14.6. The van der Waals surface area contributed by atoms with E-state index < -0.39 is 0 Å². The molecule has 0 unspecified atom stereocenters. The Morgan fingerprint density at radius 2 is 2.05 bits per heavy atom. The van der Waals surface area contributed by atoms with Gasteiger partial charge >= 0.3 is 0 Å². The molecule has 102 valence electrons. The lowest BCUT2D eigenvalue weighted by Crippen LogP contribution is -2.42. The van der Waals surface area contributed by atoms with Crippen LogP contribution in [0.5, 0.6) is 5.75 Å². The average Bonchev–Trinajstić information content (AvgIpc) is 2.47. The Kier molecular flexibility index (Phi) is 3.78. The molecule has 0 bridgehead atoms. The summed E-state index contributed by atoms with van der Waals surface area (Å²) in [5, 5.41) is 0. The van der Waals surface area contributed by atoms with Crippen molar-refractivity contribution in [1.82, 2.24) is 0 Å². The summed E-state index contributed by atoms with van der Waals surface area (Å²) in [5.74, 6) is 1.31. The summed E-state index contributed by atoms with van der Waals surface area (Å²) < 4.78 is 6.62. The fourth-order valence-electron chi connectivity index (χ4n) is 2.99. The van der Waals surface area contributed by atoms with Crippen LogP contribution < -0.4 is 9.64 Å². The molecule has 0 N–H and O–H groups in total. The summed E-state index contributed by atoms with van der Waals surface area (Å²) in [6.45, 7) is 1.26. The van der Waals surface area contributed by atoms with Crippen LogP contribution in [0.4, 0.5) is 5.69 Å². The highest BCUT2D eigenvalue weighted by molar-refractivity contribution is 9.10. The lowest BCUT2D eigenvalue weighted by Gasteiger charge is -2.33. The van der Waals surface area contributed by atoms with Crippen LogP contribution in [0.25, 0.3) is 0 Å². The molecule has 3 rings (SSSR count). The van der Waals surface area contributed by atoms with E-state index >= 15 is 0 Å². The van der Waals surface area contributed by atoms with Gasteiger partial charge in [0.25, 0.3) is 0 Å². The molecule has 4 heteroatoms. The van der Waals surface area contributed by atoms with Gasteiger partial charge in [-0.1, -0.05) is 35.2 Å². The molecular formula is C15H18BrNO2. The van der Waals surface area contributed by atoms with E-state index in [9.17, 15) is 4.79 Å². The number of carbonyl (C=O) groups excluding carboxylic acids is 1. The maximum atomic E-state index is 12.7. The molecule has 19 heavy (non-hydrogen) atoms. The van der Waals surface area contributed by atoms with Crippen molar-refractivity contribution in [1.29, 1.82) is 0 Å². The highest BCUT2D eigenvalue weighted by Crippen LogP contribution is 2.36. The molecule has 1 aliphatic heterocycles. The van der Waals surface area contributed by atoms with Gasteiger partial charge in [0, 0.05) is 10.4 Å². The van der Waals surface area contributed by atoms with Gasteiger partial charge in [-0.25, -0.2) is 0 Å². The molecular weight excluding hydrogens is 306 g/mol. The number of anilines is 1. The summed E-state index contributed by atoms with van der Waals surface area (Å²) in [7, 11) is 0. The third kappa shape index (κ3) is 2.64. The molecule has 1 aromatic carbocycles. The molecule has 0 saturated heterocycles. The molecule has 0 radical (unpaired) electrons. The molecule has 1 aromatic rings. The first-order valence-electron chi connectivity index (χ1n) is 6.99. The summed E-state index contributed by atoms with van der Waals surface area (Å²) in [5.41, 5.74) is 0.913. The fourth-order valence-corrected chi connectivity index (χ4v) is 3.34. The number of hydrogen-bond acceptors (Lipinski definition) is 2. The molecule has 0 spiro atoms. The minimum atomic E-state index is 0.207. The van der Waals surface area contributed by atoms with Gasteiger partial charge < -0.3 is 9.64 Å². The first-order chi connectivity index (χ1) is 9.25. The van der Waals surface area contributed by atoms with Gasteiger partial charge in [-0.05, 0) is 31.0 Å². The summed E-state index contributed by atoms with van der Waals surface area (Å²) in [6, 6.07) is 5.86. The zero-order valence-corrected chi connectivity index (χ0v) is 12.5. The quantitative estimate of drug-likeness (QED) is 0.787. The Morgan fingerprint density at radius 1 is 1.26 bits per heavy atom. The number of benzene rings is 1. The van der Waals surface area contributed by atoms with E-state index in [1.807, 2.05) is 23.1 Å². The van der Waals surface area contributed by atoms with Gasteiger partial charge in [-0.2, -0.15) is 0 Å². The Morgan fingerprint density at radius 3 is 2.84 bits per heavy atom. The van der Waals surface area contributed by atoms with Crippen LogP contribution in [-0.2, 0) is 4.79 Å². The maximum absolute atomic E-state index is 12.7. The molecule has 1 fully saturated rings. The Balaban J connectivity index is 1.86. The third-order valence-electron chi connectivity index (χ3n) is 4.00. The van der Waals surface area contributed by atoms with E-state index in [1.165, 1.54) is 19.3 Å². The van der Waals surface area contributed by atoms with Crippen molar-refractivity contribution in [2.24, 2.45) is 5.92 Å². The Bertz CT molecular complexity index is 483. The molecule has 0 atom stereocenters. The highest BCUT2D eigenvalue weighted by atomic mass is 79.9. The highest BCUT2D eigenvalue weighted by Gasteiger charge is 2.30. The minimum absolute atomic E-state index is 0.207. The van der Waals surface area contributed by atoms with Crippen molar-refractivity contribution in [3.63, 3.8) is 0 Å². The van der Waals surface area contributed by atoms with Crippen molar-refractivity contribution in [3.8, 4) is 5.75 Å². The zero-order valence-electron chi connectivity index (χ0n) is 10.9. The number of fused-ring (bicyclic) bond motifs is 1. The molecule has 1 aliphatic carbocycles. The smallest absolute Gasteiger partial charge is 0.230 e. The normalized spacial score (nSPS) is 19.7. The van der Waals surface area contributed by atoms with Gasteiger partial charge in [0.1, 0.15) is 12.4 Å². The Hall–Kier alpha value is -1.03. The van der Waals surface area contributed by atoms with E-state index in [-0.39, 0.29) is 11.8 Å². The first kappa shape index (κ1) is 13.0. The second-order valence-electron chi connectivity index (χ2n) is 5.29. The second kappa shape index (κ2) is 5.53. The van der Waals surface area contributed by atoms with Gasteiger partial charge in [0.15, 0.2) is 0 Å². The van der Waals surface area contributed by atoms with Crippen LogP contribution in [0.2, 0.25) is 0 Å². The topological polar surface area (TPSA) is 29.5 Å². The first-order valence-corrected chi connectivity index (χ1v) is 7.79. The number of ether oxygens (including phenoxy) is 1. The molecule has 1 heterocycles. The van der Waals surface area contributed by atoms with E-state index in [0.717, 1.165) is 28.8 Å². The molecule has 3 nitrogen and oxygen atoms in total. The van der Waals surface area contributed by atoms with Crippen LogP contribution in [0.1, 0.15) is 32.1 Å². The maximum Gasteiger partial charge on any atom is 0.230 e. The van der Waals surface area contributed by atoms with Crippen LogP contribution >= 0.6 is 15.9 Å². The van der Waals surface area contributed by atoms with Crippen LogP contribution in [0, 0.1) is 5.92 Å². The molecule has 2 aliphatic rings.